The molecule has 0 aromatic rings. The van der Waals surface area contributed by atoms with Crippen LogP contribution in [-0.4, -0.2) is 18.0 Å². The highest BCUT2D eigenvalue weighted by molar-refractivity contribution is 5.30. The van der Waals surface area contributed by atoms with Gasteiger partial charge < -0.3 is 4.90 Å². The van der Waals surface area contributed by atoms with Crippen molar-refractivity contribution in [3.05, 3.63) is 11.3 Å². The van der Waals surface area contributed by atoms with E-state index in [9.17, 15) is 0 Å². The van der Waals surface area contributed by atoms with Crippen molar-refractivity contribution in [1.29, 1.82) is 0 Å². The minimum Gasteiger partial charge on any atom is -0.371 e. The van der Waals surface area contributed by atoms with Crippen molar-refractivity contribution in [3.63, 3.8) is 0 Å². The van der Waals surface area contributed by atoms with Gasteiger partial charge in [0, 0.05) is 18.8 Å². The quantitative estimate of drug-likeness (QED) is 0.494. The third kappa shape index (κ3) is 0.635. The van der Waals surface area contributed by atoms with Crippen LogP contribution in [0.5, 0.6) is 0 Å². The van der Waals surface area contributed by atoms with Gasteiger partial charge in [-0.25, -0.2) is 0 Å². The summed E-state index contributed by atoms with van der Waals surface area (Å²) < 4.78 is 0. The molecule has 0 spiro atoms. The third-order valence-electron chi connectivity index (χ3n) is 2.99. The summed E-state index contributed by atoms with van der Waals surface area (Å²) in [6.07, 6.45) is 5.56. The van der Waals surface area contributed by atoms with Crippen LogP contribution in [0.25, 0.3) is 0 Å². The summed E-state index contributed by atoms with van der Waals surface area (Å²) in [7, 11) is 2.22. The molecule has 0 bridgehead atoms. The Bertz CT molecular complexity index is 161. The molecule has 1 aliphatic heterocycles. The smallest absolute Gasteiger partial charge is 0.0487 e. The Hall–Kier alpha value is -0.460. The summed E-state index contributed by atoms with van der Waals surface area (Å²) in [5.41, 5.74) is 3.40. The number of likely N-dealkylation sites (tertiary alicyclic amines) is 1. The van der Waals surface area contributed by atoms with Crippen molar-refractivity contribution in [2.24, 2.45) is 0 Å². The van der Waals surface area contributed by atoms with Crippen molar-refractivity contribution in [3.8, 4) is 0 Å². The molecule has 2 rings (SSSR count). The molecule has 1 aliphatic carbocycles. The summed E-state index contributed by atoms with van der Waals surface area (Å²) >= 11 is 0. The van der Waals surface area contributed by atoms with Crippen molar-refractivity contribution in [2.75, 3.05) is 7.05 Å². The molecule has 1 unspecified atom stereocenters. The lowest BCUT2D eigenvalue weighted by Crippen LogP contribution is -2.42. The van der Waals surface area contributed by atoms with Crippen molar-refractivity contribution < 1.29 is 0 Å². The molecule has 56 valence electrons. The van der Waals surface area contributed by atoms with Crippen LogP contribution in [0.3, 0.4) is 0 Å². The molecule has 0 saturated carbocycles. The number of rotatable bonds is 0. The van der Waals surface area contributed by atoms with E-state index in [0.717, 1.165) is 6.04 Å². The summed E-state index contributed by atoms with van der Waals surface area (Å²) in [5, 5.41) is 0. The fourth-order valence-electron chi connectivity index (χ4n) is 2.17. The third-order valence-corrected chi connectivity index (χ3v) is 2.99. The van der Waals surface area contributed by atoms with Crippen molar-refractivity contribution in [2.45, 2.75) is 38.6 Å². The molecule has 0 saturated heterocycles. The van der Waals surface area contributed by atoms with E-state index < -0.39 is 0 Å². The minimum absolute atomic E-state index is 0.760. The Kier molecular flexibility index (Phi) is 1.26. The van der Waals surface area contributed by atoms with Crippen molar-refractivity contribution >= 4 is 0 Å². The van der Waals surface area contributed by atoms with E-state index in [1.807, 2.05) is 0 Å². The van der Waals surface area contributed by atoms with Crippen molar-refractivity contribution in [1.82, 2.24) is 4.90 Å². The Labute approximate surface area is 62.7 Å². The number of nitrogens with zero attached hydrogens (tertiary/aromatic N) is 1. The standard InChI is InChI=1S/C9H15N/c1-7-8-5-3-4-6-9(8)10(7)2/h7H,3-6H2,1-2H3. The van der Waals surface area contributed by atoms with Gasteiger partial charge in [0.15, 0.2) is 0 Å². The van der Waals surface area contributed by atoms with Gasteiger partial charge in [-0.15, -0.1) is 0 Å². The summed E-state index contributed by atoms with van der Waals surface area (Å²) in [5.74, 6) is 0. The first-order chi connectivity index (χ1) is 4.80. The van der Waals surface area contributed by atoms with Gasteiger partial charge in [0.05, 0.1) is 0 Å². The Morgan fingerprint density at radius 2 is 2.00 bits per heavy atom. The largest absolute Gasteiger partial charge is 0.371 e. The number of likely N-dealkylation sites (N-methyl/N-ethyl adjacent to an activating group) is 1. The maximum absolute atomic E-state index is 2.43. The van der Waals surface area contributed by atoms with E-state index in [0.29, 0.717) is 0 Å². The van der Waals surface area contributed by atoms with Crippen LogP contribution >= 0.6 is 0 Å². The SMILES string of the molecule is CC1C2=C(CCCC2)N1C. The maximum Gasteiger partial charge on any atom is 0.0487 e. The van der Waals surface area contributed by atoms with E-state index in [2.05, 4.69) is 18.9 Å². The van der Waals surface area contributed by atoms with E-state index in [-0.39, 0.29) is 0 Å². The lowest BCUT2D eigenvalue weighted by Gasteiger charge is -2.45. The highest BCUT2D eigenvalue weighted by Crippen LogP contribution is 2.39. The molecule has 1 heteroatoms. The lowest BCUT2D eigenvalue weighted by atomic mass is 9.84. The Morgan fingerprint density at radius 3 is 2.70 bits per heavy atom. The van der Waals surface area contributed by atoms with Gasteiger partial charge in [-0.05, 0) is 38.2 Å². The molecule has 0 aromatic carbocycles. The Balaban J connectivity index is 2.21. The zero-order valence-corrected chi connectivity index (χ0v) is 6.85. The van der Waals surface area contributed by atoms with E-state index in [4.69, 9.17) is 0 Å². The minimum atomic E-state index is 0.760. The van der Waals surface area contributed by atoms with E-state index in [1.165, 1.54) is 25.7 Å². The predicted octanol–water partition coefficient (Wildman–Crippen LogP) is 2.15. The van der Waals surface area contributed by atoms with Crippen LogP contribution < -0.4 is 0 Å². The molecule has 0 aromatic heterocycles. The fourth-order valence-corrected chi connectivity index (χ4v) is 2.17. The first-order valence-corrected chi connectivity index (χ1v) is 4.25. The summed E-state index contributed by atoms with van der Waals surface area (Å²) in [6.45, 7) is 2.31. The van der Waals surface area contributed by atoms with Crippen LogP contribution in [0, 0.1) is 0 Å². The zero-order chi connectivity index (χ0) is 7.14. The molecule has 1 atom stereocenters. The zero-order valence-electron chi connectivity index (χ0n) is 6.85. The molecule has 0 fully saturated rings. The number of hydrogen-bond donors (Lipinski definition) is 0. The topological polar surface area (TPSA) is 3.24 Å². The fraction of sp³-hybridized carbons (Fsp3) is 0.778. The maximum atomic E-state index is 2.43. The van der Waals surface area contributed by atoms with Gasteiger partial charge in [0.2, 0.25) is 0 Å². The van der Waals surface area contributed by atoms with Crippen LogP contribution in [0.15, 0.2) is 11.3 Å². The highest BCUT2D eigenvalue weighted by atomic mass is 15.2. The summed E-state index contributed by atoms with van der Waals surface area (Å²) in [4.78, 5) is 2.43. The highest BCUT2D eigenvalue weighted by Gasteiger charge is 2.31. The van der Waals surface area contributed by atoms with Gasteiger partial charge in [-0.2, -0.15) is 0 Å². The molecule has 0 amide bonds. The second kappa shape index (κ2) is 2.01. The van der Waals surface area contributed by atoms with Crippen LogP contribution in [-0.2, 0) is 0 Å². The molecule has 1 heterocycles. The van der Waals surface area contributed by atoms with Gasteiger partial charge in [-0.1, -0.05) is 0 Å². The normalized spacial score (nSPS) is 31.8. The first kappa shape index (κ1) is 6.26. The van der Waals surface area contributed by atoms with Crippen LogP contribution in [0.1, 0.15) is 32.6 Å². The average Bonchev–Trinajstić information content (AvgIpc) is 2.03. The number of hydrogen-bond acceptors (Lipinski definition) is 1. The lowest BCUT2D eigenvalue weighted by molar-refractivity contribution is 0.252. The summed E-state index contributed by atoms with van der Waals surface area (Å²) in [6, 6.07) is 0.760. The van der Waals surface area contributed by atoms with Crippen LogP contribution in [0.4, 0.5) is 0 Å². The molecule has 10 heavy (non-hydrogen) atoms. The molecule has 0 N–H and O–H groups in total. The van der Waals surface area contributed by atoms with E-state index in [1.54, 1.807) is 11.3 Å². The second-order valence-corrected chi connectivity index (χ2v) is 3.47. The van der Waals surface area contributed by atoms with Crippen LogP contribution in [0.2, 0.25) is 0 Å². The Morgan fingerprint density at radius 1 is 1.30 bits per heavy atom. The van der Waals surface area contributed by atoms with Gasteiger partial charge in [-0.3, -0.25) is 0 Å². The monoisotopic (exact) mass is 137 g/mol. The second-order valence-electron chi connectivity index (χ2n) is 3.47. The van der Waals surface area contributed by atoms with Gasteiger partial charge in [0.25, 0.3) is 0 Å². The molecule has 1 nitrogen and oxygen atoms in total. The van der Waals surface area contributed by atoms with E-state index >= 15 is 0 Å². The van der Waals surface area contributed by atoms with Gasteiger partial charge in [0.1, 0.15) is 0 Å². The van der Waals surface area contributed by atoms with Gasteiger partial charge >= 0.3 is 0 Å². The number of allylic oxidation sites excluding steroid dienone is 1. The predicted molar refractivity (Wildman–Crippen MR) is 42.7 cm³/mol. The average molecular weight is 137 g/mol. The molecule has 0 radical (unpaired) electrons. The first-order valence-electron chi connectivity index (χ1n) is 4.25. The molecular formula is C9H15N. The molecular weight excluding hydrogens is 122 g/mol. The molecule has 2 aliphatic rings.